The minimum atomic E-state index is -0.634. The van der Waals surface area contributed by atoms with E-state index in [1.807, 2.05) is 20.8 Å². The van der Waals surface area contributed by atoms with Crippen molar-refractivity contribution in [2.24, 2.45) is 22.1 Å². The lowest BCUT2D eigenvalue weighted by molar-refractivity contribution is -0.125. The van der Waals surface area contributed by atoms with Crippen LogP contribution in [0.15, 0.2) is 22.5 Å². The minimum absolute atomic E-state index is 0.335. The average Bonchev–Trinajstić information content (AvgIpc) is 2.94. The summed E-state index contributed by atoms with van der Waals surface area (Å²) in [7, 11) is 0. The summed E-state index contributed by atoms with van der Waals surface area (Å²) in [6, 6.07) is 4.24. The van der Waals surface area contributed by atoms with Crippen LogP contribution in [0.2, 0.25) is 0 Å². The Bertz CT molecular complexity index is 482. The van der Waals surface area contributed by atoms with E-state index in [9.17, 15) is 4.79 Å². The fraction of sp³-hybridized carbons (Fsp3) is 0.625. The highest BCUT2D eigenvalue weighted by Gasteiger charge is 2.24. The van der Waals surface area contributed by atoms with Gasteiger partial charge in [0.15, 0.2) is 5.96 Å². The first-order chi connectivity index (χ1) is 10.3. The Hall–Kier alpha value is -1.56. The van der Waals surface area contributed by atoms with E-state index in [2.05, 4.69) is 40.1 Å². The SMILES string of the molecule is CCNC(=NCC(C)(C)C(N)=O)NCC(C)Cc1cccs1. The first-order valence-electron chi connectivity index (χ1n) is 7.69. The van der Waals surface area contributed by atoms with Crippen LogP contribution in [-0.4, -0.2) is 31.5 Å². The maximum absolute atomic E-state index is 11.3. The number of carbonyl (C=O) groups is 1. The first-order valence-corrected chi connectivity index (χ1v) is 8.57. The summed E-state index contributed by atoms with van der Waals surface area (Å²) < 4.78 is 0. The molecule has 1 atom stereocenters. The highest BCUT2D eigenvalue weighted by Crippen LogP contribution is 2.15. The third-order valence-electron chi connectivity index (χ3n) is 3.39. The van der Waals surface area contributed by atoms with E-state index in [0.717, 1.165) is 25.5 Å². The molecule has 1 amide bonds. The van der Waals surface area contributed by atoms with Crippen LogP contribution in [0.5, 0.6) is 0 Å². The van der Waals surface area contributed by atoms with Gasteiger partial charge in [-0.25, -0.2) is 0 Å². The van der Waals surface area contributed by atoms with Gasteiger partial charge < -0.3 is 16.4 Å². The topological polar surface area (TPSA) is 79.5 Å². The lowest BCUT2D eigenvalue weighted by Gasteiger charge is -2.20. The van der Waals surface area contributed by atoms with Gasteiger partial charge in [-0.1, -0.05) is 13.0 Å². The van der Waals surface area contributed by atoms with Crippen molar-refractivity contribution in [1.82, 2.24) is 10.6 Å². The number of nitrogens with zero attached hydrogens (tertiary/aromatic N) is 1. The smallest absolute Gasteiger partial charge is 0.224 e. The minimum Gasteiger partial charge on any atom is -0.369 e. The van der Waals surface area contributed by atoms with Crippen molar-refractivity contribution >= 4 is 23.2 Å². The number of carbonyl (C=O) groups excluding carboxylic acids is 1. The van der Waals surface area contributed by atoms with Gasteiger partial charge in [-0.05, 0) is 44.6 Å². The Morgan fingerprint density at radius 1 is 1.45 bits per heavy atom. The number of rotatable bonds is 8. The Labute approximate surface area is 137 Å². The van der Waals surface area contributed by atoms with Gasteiger partial charge in [0.25, 0.3) is 0 Å². The molecule has 0 aromatic carbocycles. The molecule has 4 N–H and O–H groups in total. The largest absolute Gasteiger partial charge is 0.369 e. The van der Waals surface area contributed by atoms with E-state index in [1.54, 1.807) is 11.3 Å². The van der Waals surface area contributed by atoms with E-state index in [4.69, 9.17) is 5.73 Å². The molecule has 6 heteroatoms. The third-order valence-corrected chi connectivity index (χ3v) is 4.29. The highest BCUT2D eigenvalue weighted by molar-refractivity contribution is 7.09. The average molecular weight is 324 g/mol. The van der Waals surface area contributed by atoms with Crippen LogP contribution < -0.4 is 16.4 Å². The summed E-state index contributed by atoms with van der Waals surface area (Å²) in [5.41, 5.74) is 4.75. The van der Waals surface area contributed by atoms with Crippen LogP contribution in [0.4, 0.5) is 0 Å². The van der Waals surface area contributed by atoms with Crippen molar-refractivity contribution in [3.63, 3.8) is 0 Å². The van der Waals surface area contributed by atoms with Crippen LogP contribution in [0.3, 0.4) is 0 Å². The Kier molecular flexibility index (Phi) is 7.38. The molecule has 1 aromatic rings. The predicted molar refractivity (Wildman–Crippen MR) is 94.1 cm³/mol. The second kappa shape index (κ2) is 8.78. The van der Waals surface area contributed by atoms with Crippen molar-refractivity contribution in [3.05, 3.63) is 22.4 Å². The highest BCUT2D eigenvalue weighted by atomic mass is 32.1. The van der Waals surface area contributed by atoms with Gasteiger partial charge in [0, 0.05) is 18.0 Å². The van der Waals surface area contributed by atoms with Gasteiger partial charge in [0.1, 0.15) is 0 Å². The van der Waals surface area contributed by atoms with Crippen LogP contribution in [0.25, 0.3) is 0 Å². The Balaban J connectivity index is 2.51. The van der Waals surface area contributed by atoms with E-state index < -0.39 is 5.41 Å². The van der Waals surface area contributed by atoms with Crippen molar-refractivity contribution < 1.29 is 4.79 Å². The maximum atomic E-state index is 11.3. The second-order valence-corrected chi connectivity index (χ2v) is 7.25. The van der Waals surface area contributed by atoms with Crippen molar-refractivity contribution in [2.75, 3.05) is 19.6 Å². The molecule has 22 heavy (non-hydrogen) atoms. The monoisotopic (exact) mass is 324 g/mol. The number of thiophene rings is 1. The van der Waals surface area contributed by atoms with Crippen molar-refractivity contribution in [1.29, 1.82) is 0 Å². The standard InChI is InChI=1S/C16H28N4OS/c1-5-18-15(20-11-16(3,4)14(17)21)19-10-12(2)9-13-7-6-8-22-13/h6-8,12H,5,9-11H2,1-4H3,(H2,17,21)(H2,18,19,20). The normalized spacial score (nSPS) is 13.7. The summed E-state index contributed by atoms with van der Waals surface area (Å²) in [6.45, 7) is 9.83. The number of primary amides is 1. The summed E-state index contributed by atoms with van der Waals surface area (Å²) in [5, 5.41) is 8.64. The fourth-order valence-corrected chi connectivity index (χ4v) is 2.68. The molecular weight excluding hydrogens is 296 g/mol. The Morgan fingerprint density at radius 2 is 2.18 bits per heavy atom. The van der Waals surface area contributed by atoms with Gasteiger partial charge in [-0.3, -0.25) is 9.79 Å². The molecule has 0 spiro atoms. The number of nitrogens with one attached hydrogen (secondary N) is 2. The lowest BCUT2D eigenvalue weighted by atomic mass is 9.93. The third kappa shape index (κ3) is 6.47. The molecule has 0 radical (unpaired) electrons. The summed E-state index contributed by atoms with van der Waals surface area (Å²) in [6.07, 6.45) is 1.05. The molecule has 1 aromatic heterocycles. The van der Waals surface area contributed by atoms with Crippen LogP contribution in [-0.2, 0) is 11.2 Å². The van der Waals surface area contributed by atoms with Crippen LogP contribution >= 0.6 is 11.3 Å². The molecule has 0 aliphatic heterocycles. The zero-order chi connectivity index (χ0) is 16.6. The number of aliphatic imine (C=N–C) groups is 1. The molecule has 0 bridgehead atoms. The Morgan fingerprint density at radius 3 is 2.73 bits per heavy atom. The first kappa shape index (κ1) is 18.5. The molecule has 5 nitrogen and oxygen atoms in total. The molecule has 0 aliphatic rings. The molecule has 1 rings (SSSR count). The number of nitrogens with two attached hydrogens (primary N) is 1. The van der Waals surface area contributed by atoms with Gasteiger partial charge in [0.2, 0.25) is 5.91 Å². The van der Waals surface area contributed by atoms with Crippen LogP contribution in [0.1, 0.15) is 32.6 Å². The zero-order valence-electron chi connectivity index (χ0n) is 14.0. The molecule has 124 valence electrons. The molecule has 0 saturated carbocycles. The number of guanidine groups is 1. The molecule has 0 aliphatic carbocycles. The molecule has 1 unspecified atom stereocenters. The number of hydrogen-bond acceptors (Lipinski definition) is 3. The van der Waals surface area contributed by atoms with E-state index >= 15 is 0 Å². The summed E-state index contributed by atoms with van der Waals surface area (Å²) in [5.74, 6) is 0.902. The zero-order valence-corrected chi connectivity index (χ0v) is 14.8. The number of hydrogen-bond donors (Lipinski definition) is 3. The summed E-state index contributed by atoms with van der Waals surface area (Å²) >= 11 is 1.79. The number of amides is 1. The van der Waals surface area contributed by atoms with Gasteiger partial charge in [-0.15, -0.1) is 11.3 Å². The van der Waals surface area contributed by atoms with Gasteiger partial charge >= 0.3 is 0 Å². The molecule has 1 heterocycles. The van der Waals surface area contributed by atoms with E-state index in [-0.39, 0.29) is 5.91 Å². The van der Waals surface area contributed by atoms with Crippen LogP contribution in [0, 0.1) is 11.3 Å². The summed E-state index contributed by atoms with van der Waals surface area (Å²) in [4.78, 5) is 17.2. The second-order valence-electron chi connectivity index (χ2n) is 6.21. The van der Waals surface area contributed by atoms with E-state index in [0.29, 0.717) is 12.5 Å². The molecule has 0 fully saturated rings. The van der Waals surface area contributed by atoms with Crippen molar-refractivity contribution in [2.45, 2.75) is 34.1 Å². The van der Waals surface area contributed by atoms with Gasteiger partial charge in [-0.2, -0.15) is 0 Å². The quantitative estimate of drug-likeness (QED) is 0.505. The molecular formula is C16H28N4OS. The fourth-order valence-electron chi connectivity index (χ4n) is 1.81. The van der Waals surface area contributed by atoms with Crippen molar-refractivity contribution in [3.8, 4) is 0 Å². The van der Waals surface area contributed by atoms with E-state index in [1.165, 1.54) is 4.88 Å². The van der Waals surface area contributed by atoms with Gasteiger partial charge in [0.05, 0.1) is 12.0 Å². The predicted octanol–water partition coefficient (Wildman–Crippen LogP) is 1.99. The maximum Gasteiger partial charge on any atom is 0.224 e. The lowest BCUT2D eigenvalue weighted by Crippen LogP contribution is -2.41. The molecule has 0 saturated heterocycles.